The third-order valence-corrected chi connectivity index (χ3v) is 3.30. The standard InChI is InChI=1S/C15H21N3O/c1-11-15(12(2)18-17-11)10-16-14-7-3-5-13(9-14)6-4-8-19/h3,5,7,9,16,19H,4,6,8,10H2,1-2H3,(H,17,18). The molecule has 0 unspecified atom stereocenters. The maximum atomic E-state index is 8.86. The molecule has 0 saturated heterocycles. The first-order valence-electron chi connectivity index (χ1n) is 6.65. The van der Waals surface area contributed by atoms with Gasteiger partial charge in [0.2, 0.25) is 0 Å². The summed E-state index contributed by atoms with van der Waals surface area (Å²) in [6.45, 7) is 5.07. The van der Waals surface area contributed by atoms with Crippen molar-refractivity contribution in [3.8, 4) is 0 Å². The van der Waals surface area contributed by atoms with E-state index in [1.807, 2.05) is 19.9 Å². The van der Waals surface area contributed by atoms with Crippen LogP contribution in [0.5, 0.6) is 0 Å². The van der Waals surface area contributed by atoms with Gasteiger partial charge >= 0.3 is 0 Å². The maximum Gasteiger partial charge on any atom is 0.0643 e. The molecule has 0 aliphatic rings. The van der Waals surface area contributed by atoms with Crippen LogP contribution in [0, 0.1) is 13.8 Å². The number of aliphatic hydroxyl groups excluding tert-OH is 1. The second kappa shape index (κ2) is 6.38. The van der Waals surface area contributed by atoms with Gasteiger partial charge in [0, 0.05) is 30.1 Å². The summed E-state index contributed by atoms with van der Waals surface area (Å²) in [7, 11) is 0. The van der Waals surface area contributed by atoms with Gasteiger partial charge in [-0.25, -0.2) is 0 Å². The fourth-order valence-electron chi connectivity index (χ4n) is 2.14. The van der Waals surface area contributed by atoms with Crippen molar-refractivity contribution in [3.05, 3.63) is 46.8 Å². The summed E-state index contributed by atoms with van der Waals surface area (Å²) >= 11 is 0. The number of aryl methyl sites for hydroxylation is 3. The molecule has 0 radical (unpaired) electrons. The Morgan fingerprint density at radius 2 is 2.16 bits per heavy atom. The Morgan fingerprint density at radius 3 is 2.84 bits per heavy atom. The van der Waals surface area contributed by atoms with E-state index < -0.39 is 0 Å². The van der Waals surface area contributed by atoms with Crippen molar-refractivity contribution in [2.24, 2.45) is 0 Å². The summed E-state index contributed by atoms with van der Waals surface area (Å²) in [6, 6.07) is 8.34. The van der Waals surface area contributed by atoms with Gasteiger partial charge in [-0.3, -0.25) is 5.10 Å². The average Bonchev–Trinajstić information content (AvgIpc) is 2.74. The monoisotopic (exact) mass is 259 g/mol. The van der Waals surface area contributed by atoms with Gasteiger partial charge in [-0.05, 0) is 44.4 Å². The zero-order chi connectivity index (χ0) is 13.7. The number of aromatic amines is 1. The Hall–Kier alpha value is -1.81. The fraction of sp³-hybridized carbons (Fsp3) is 0.400. The number of benzene rings is 1. The third kappa shape index (κ3) is 3.58. The van der Waals surface area contributed by atoms with Gasteiger partial charge < -0.3 is 10.4 Å². The van der Waals surface area contributed by atoms with E-state index in [0.29, 0.717) is 0 Å². The van der Waals surface area contributed by atoms with E-state index in [1.165, 1.54) is 11.1 Å². The topological polar surface area (TPSA) is 60.9 Å². The molecule has 1 aromatic heterocycles. The van der Waals surface area contributed by atoms with Crippen LogP contribution < -0.4 is 5.32 Å². The normalized spacial score (nSPS) is 10.7. The van der Waals surface area contributed by atoms with Crippen LogP contribution in [-0.2, 0) is 13.0 Å². The number of aliphatic hydroxyl groups is 1. The molecule has 1 aromatic carbocycles. The summed E-state index contributed by atoms with van der Waals surface area (Å²) in [5, 5.41) is 19.5. The van der Waals surface area contributed by atoms with Gasteiger partial charge in [0.05, 0.1) is 5.69 Å². The zero-order valence-corrected chi connectivity index (χ0v) is 11.5. The van der Waals surface area contributed by atoms with Crippen molar-refractivity contribution in [3.63, 3.8) is 0 Å². The second-order valence-electron chi connectivity index (χ2n) is 4.79. The van der Waals surface area contributed by atoms with Crippen LogP contribution in [0.2, 0.25) is 0 Å². The van der Waals surface area contributed by atoms with Gasteiger partial charge in [-0.15, -0.1) is 0 Å². The van der Waals surface area contributed by atoms with E-state index in [4.69, 9.17) is 5.11 Å². The minimum Gasteiger partial charge on any atom is -0.396 e. The van der Waals surface area contributed by atoms with E-state index in [1.54, 1.807) is 0 Å². The molecule has 0 saturated carbocycles. The predicted octanol–water partition coefficient (Wildman–Crippen LogP) is 2.56. The number of nitrogens with one attached hydrogen (secondary N) is 2. The van der Waals surface area contributed by atoms with Crippen LogP contribution in [0.4, 0.5) is 5.69 Å². The highest BCUT2D eigenvalue weighted by Crippen LogP contribution is 2.15. The van der Waals surface area contributed by atoms with Crippen molar-refractivity contribution in [1.29, 1.82) is 0 Å². The van der Waals surface area contributed by atoms with E-state index in [-0.39, 0.29) is 6.61 Å². The lowest BCUT2D eigenvalue weighted by atomic mass is 10.1. The average molecular weight is 259 g/mol. The molecule has 102 valence electrons. The molecule has 0 spiro atoms. The molecule has 0 amide bonds. The quantitative estimate of drug-likeness (QED) is 0.747. The second-order valence-corrected chi connectivity index (χ2v) is 4.79. The lowest BCUT2D eigenvalue weighted by Crippen LogP contribution is -2.02. The van der Waals surface area contributed by atoms with Crippen molar-refractivity contribution < 1.29 is 5.11 Å². The highest BCUT2D eigenvalue weighted by molar-refractivity contribution is 5.46. The highest BCUT2D eigenvalue weighted by Gasteiger charge is 2.05. The van der Waals surface area contributed by atoms with Crippen LogP contribution in [0.25, 0.3) is 0 Å². The first kappa shape index (κ1) is 13.6. The van der Waals surface area contributed by atoms with Crippen molar-refractivity contribution in [2.45, 2.75) is 33.2 Å². The van der Waals surface area contributed by atoms with Crippen LogP contribution in [0.3, 0.4) is 0 Å². The first-order chi connectivity index (χ1) is 9.20. The van der Waals surface area contributed by atoms with E-state index >= 15 is 0 Å². The number of rotatable bonds is 6. The molecule has 1 heterocycles. The number of H-pyrrole nitrogens is 1. The highest BCUT2D eigenvalue weighted by atomic mass is 16.2. The minimum absolute atomic E-state index is 0.241. The van der Waals surface area contributed by atoms with E-state index in [2.05, 4.69) is 33.7 Å². The lowest BCUT2D eigenvalue weighted by Gasteiger charge is -2.08. The molecule has 3 N–H and O–H groups in total. The molecule has 2 rings (SSSR count). The number of anilines is 1. The molecule has 4 nitrogen and oxygen atoms in total. The molecule has 0 fully saturated rings. The summed E-state index contributed by atoms with van der Waals surface area (Å²) in [5.74, 6) is 0. The lowest BCUT2D eigenvalue weighted by molar-refractivity contribution is 0.288. The van der Waals surface area contributed by atoms with Gasteiger partial charge in [-0.2, -0.15) is 5.10 Å². The molecule has 19 heavy (non-hydrogen) atoms. The largest absolute Gasteiger partial charge is 0.396 e. The number of hydrogen-bond donors (Lipinski definition) is 3. The zero-order valence-electron chi connectivity index (χ0n) is 11.5. The summed E-state index contributed by atoms with van der Waals surface area (Å²) in [5.41, 5.74) is 5.73. The Bertz CT molecular complexity index is 514. The molecule has 0 aliphatic carbocycles. The number of hydrogen-bond acceptors (Lipinski definition) is 3. The Labute approximate surface area is 113 Å². The minimum atomic E-state index is 0.241. The van der Waals surface area contributed by atoms with Gasteiger partial charge in [0.1, 0.15) is 0 Å². The summed E-state index contributed by atoms with van der Waals surface area (Å²) in [4.78, 5) is 0. The summed E-state index contributed by atoms with van der Waals surface area (Å²) < 4.78 is 0. The fourth-order valence-corrected chi connectivity index (χ4v) is 2.14. The van der Waals surface area contributed by atoms with Crippen LogP contribution in [0.1, 0.15) is 28.9 Å². The smallest absolute Gasteiger partial charge is 0.0643 e. The van der Waals surface area contributed by atoms with Gasteiger partial charge in [-0.1, -0.05) is 12.1 Å². The van der Waals surface area contributed by atoms with Crippen molar-refractivity contribution in [2.75, 3.05) is 11.9 Å². The van der Waals surface area contributed by atoms with Crippen LogP contribution >= 0.6 is 0 Å². The maximum absolute atomic E-state index is 8.86. The summed E-state index contributed by atoms with van der Waals surface area (Å²) in [6.07, 6.45) is 1.72. The molecule has 0 aliphatic heterocycles. The van der Waals surface area contributed by atoms with Crippen molar-refractivity contribution >= 4 is 5.69 Å². The molecular formula is C15H21N3O. The number of nitrogens with zero attached hydrogens (tertiary/aromatic N) is 1. The molecule has 0 atom stereocenters. The van der Waals surface area contributed by atoms with Crippen molar-refractivity contribution in [1.82, 2.24) is 10.2 Å². The van der Waals surface area contributed by atoms with E-state index in [9.17, 15) is 0 Å². The molecule has 4 heteroatoms. The Morgan fingerprint density at radius 1 is 1.32 bits per heavy atom. The van der Waals surface area contributed by atoms with Crippen LogP contribution in [-0.4, -0.2) is 21.9 Å². The number of aromatic nitrogens is 2. The molecular weight excluding hydrogens is 238 g/mol. The van der Waals surface area contributed by atoms with E-state index in [0.717, 1.165) is 36.5 Å². The molecule has 0 bridgehead atoms. The van der Waals surface area contributed by atoms with Gasteiger partial charge in [0.15, 0.2) is 0 Å². The Kier molecular flexibility index (Phi) is 4.58. The predicted molar refractivity (Wildman–Crippen MR) is 77.2 cm³/mol. The van der Waals surface area contributed by atoms with Gasteiger partial charge in [0.25, 0.3) is 0 Å². The first-order valence-corrected chi connectivity index (χ1v) is 6.65. The Balaban J connectivity index is 1.99. The molecule has 2 aromatic rings. The van der Waals surface area contributed by atoms with Crippen LogP contribution in [0.15, 0.2) is 24.3 Å². The third-order valence-electron chi connectivity index (χ3n) is 3.30. The SMILES string of the molecule is Cc1n[nH]c(C)c1CNc1cccc(CCCO)c1.